The minimum Gasteiger partial charge on any atom is -0.281 e. The SMILES string of the molecule is Cl.Fc1c[c-]ccc1F.[Zn]. The van der Waals surface area contributed by atoms with Crippen molar-refractivity contribution >= 4 is 12.4 Å². The van der Waals surface area contributed by atoms with Gasteiger partial charge >= 0.3 is 0 Å². The van der Waals surface area contributed by atoms with Crippen LogP contribution in [0.15, 0.2) is 18.2 Å². The topological polar surface area (TPSA) is 0 Å². The van der Waals surface area contributed by atoms with Gasteiger partial charge in [0.15, 0.2) is 0 Å². The van der Waals surface area contributed by atoms with Gasteiger partial charge in [0.1, 0.15) is 0 Å². The number of hydrogen-bond acceptors (Lipinski definition) is 0. The second-order valence-corrected chi connectivity index (χ2v) is 1.34. The first-order valence-electron chi connectivity index (χ1n) is 2.12. The molecule has 1 aromatic carbocycles. The molecule has 0 aliphatic heterocycles. The Labute approximate surface area is 76.8 Å². The molecule has 0 fully saturated rings. The molecule has 0 radical (unpaired) electrons. The van der Waals surface area contributed by atoms with E-state index >= 15 is 0 Å². The molecule has 0 atom stereocenters. The van der Waals surface area contributed by atoms with Crippen LogP contribution in [0, 0.1) is 17.7 Å². The Morgan fingerprint density at radius 2 is 1.80 bits per heavy atom. The van der Waals surface area contributed by atoms with Crippen LogP contribution >= 0.6 is 12.4 Å². The predicted octanol–water partition coefficient (Wildman–Crippen LogP) is 2.18. The third kappa shape index (κ3) is 3.23. The predicted molar refractivity (Wildman–Crippen MR) is 32.4 cm³/mol. The fourth-order valence-electron chi connectivity index (χ4n) is 0.391. The van der Waals surface area contributed by atoms with Crippen molar-refractivity contribution in [3.63, 3.8) is 0 Å². The second-order valence-electron chi connectivity index (χ2n) is 1.34. The van der Waals surface area contributed by atoms with Crippen LogP contribution in [0.3, 0.4) is 0 Å². The molecule has 0 aliphatic rings. The van der Waals surface area contributed by atoms with Gasteiger partial charge in [0.2, 0.25) is 0 Å². The second kappa shape index (κ2) is 5.75. The zero-order valence-corrected chi connectivity index (χ0v) is 8.89. The molecule has 0 saturated carbocycles. The van der Waals surface area contributed by atoms with Crippen LogP contribution in [0.25, 0.3) is 0 Å². The van der Waals surface area contributed by atoms with Gasteiger partial charge in [0, 0.05) is 31.1 Å². The van der Waals surface area contributed by atoms with E-state index in [1.807, 2.05) is 0 Å². The van der Waals surface area contributed by atoms with E-state index in [4.69, 9.17) is 0 Å². The smallest absolute Gasteiger partial charge is 0.0494 e. The largest absolute Gasteiger partial charge is 0.281 e. The molecule has 0 aromatic heterocycles. The zero-order chi connectivity index (χ0) is 5.98. The van der Waals surface area contributed by atoms with E-state index in [2.05, 4.69) is 6.07 Å². The van der Waals surface area contributed by atoms with E-state index in [0.717, 1.165) is 12.1 Å². The molecular weight excluding hydrogens is 211 g/mol. The molecule has 0 N–H and O–H groups in total. The van der Waals surface area contributed by atoms with Gasteiger partial charge in [-0.05, 0) is 0 Å². The third-order valence-corrected chi connectivity index (χ3v) is 0.764. The average Bonchev–Trinajstić information content (AvgIpc) is 1.77. The molecule has 0 aliphatic carbocycles. The summed E-state index contributed by atoms with van der Waals surface area (Å²) in [5, 5.41) is 0. The number of rotatable bonds is 0. The number of halogens is 3. The van der Waals surface area contributed by atoms with Crippen LogP contribution in [0.5, 0.6) is 0 Å². The molecule has 1 rings (SSSR count). The Hall–Kier alpha value is -0.00662. The van der Waals surface area contributed by atoms with Gasteiger partial charge in [-0.2, -0.15) is 12.1 Å². The molecule has 0 spiro atoms. The van der Waals surface area contributed by atoms with Crippen LogP contribution in [0.1, 0.15) is 0 Å². The molecule has 10 heavy (non-hydrogen) atoms. The van der Waals surface area contributed by atoms with Crippen molar-refractivity contribution < 1.29 is 28.3 Å². The van der Waals surface area contributed by atoms with E-state index < -0.39 is 11.6 Å². The molecule has 0 nitrogen and oxygen atoms in total. The molecule has 1 aromatic rings. The van der Waals surface area contributed by atoms with Gasteiger partial charge in [-0.15, -0.1) is 24.5 Å². The number of benzene rings is 1. The van der Waals surface area contributed by atoms with Crippen molar-refractivity contribution in [2.75, 3.05) is 0 Å². The van der Waals surface area contributed by atoms with Gasteiger partial charge in [0.25, 0.3) is 0 Å². The Kier molecular flexibility index (Phi) is 7.28. The van der Waals surface area contributed by atoms with Gasteiger partial charge in [0.05, 0.1) is 0 Å². The van der Waals surface area contributed by atoms with E-state index in [1.165, 1.54) is 6.07 Å². The van der Waals surface area contributed by atoms with Crippen molar-refractivity contribution in [1.82, 2.24) is 0 Å². The van der Waals surface area contributed by atoms with Gasteiger partial charge in [-0.3, -0.25) is 4.39 Å². The normalized spacial score (nSPS) is 7.40. The van der Waals surface area contributed by atoms with Crippen molar-refractivity contribution in [3.8, 4) is 0 Å². The summed E-state index contributed by atoms with van der Waals surface area (Å²) in [5.74, 6) is -1.68. The van der Waals surface area contributed by atoms with Crippen molar-refractivity contribution in [3.05, 3.63) is 35.9 Å². The minimum atomic E-state index is -0.854. The molecule has 0 amide bonds. The fourth-order valence-corrected chi connectivity index (χ4v) is 0.391. The Morgan fingerprint density at radius 3 is 2.10 bits per heavy atom. The summed E-state index contributed by atoms with van der Waals surface area (Å²) in [6.45, 7) is 0. The fraction of sp³-hybridized carbons (Fsp3) is 0. The minimum absolute atomic E-state index is 0. The van der Waals surface area contributed by atoms with Crippen LogP contribution in [-0.4, -0.2) is 0 Å². The summed E-state index contributed by atoms with van der Waals surface area (Å²) >= 11 is 0. The molecule has 0 bridgehead atoms. The summed E-state index contributed by atoms with van der Waals surface area (Å²) in [7, 11) is 0. The first kappa shape index (κ1) is 12.7. The third-order valence-electron chi connectivity index (χ3n) is 0.764. The zero-order valence-electron chi connectivity index (χ0n) is 5.10. The van der Waals surface area contributed by atoms with E-state index in [9.17, 15) is 8.78 Å². The summed E-state index contributed by atoms with van der Waals surface area (Å²) in [6, 6.07) is 5.68. The molecule has 52 valence electrons. The van der Waals surface area contributed by atoms with Crippen molar-refractivity contribution in [1.29, 1.82) is 0 Å². The monoisotopic (exact) mass is 213 g/mol. The van der Waals surface area contributed by atoms with Crippen molar-refractivity contribution in [2.24, 2.45) is 0 Å². The summed E-state index contributed by atoms with van der Waals surface area (Å²) < 4.78 is 23.8. The maximum absolute atomic E-state index is 11.9. The molecule has 0 unspecified atom stereocenters. The van der Waals surface area contributed by atoms with Crippen molar-refractivity contribution in [2.45, 2.75) is 0 Å². The molecular formula is C6H4ClF2Zn-. The van der Waals surface area contributed by atoms with Crippen LogP contribution < -0.4 is 0 Å². The first-order chi connectivity index (χ1) is 3.80. The van der Waals surface area contributed by atoms with Crippen LogP contribution in [-0.2, 0) is 19.5 Å². The molecule has 4 heteroatoms. The van der Waals surface area contributed by atoms with E-state index in [-0.39, 0.29) is 31.9 Å². The van der Waals surface area contributed by atoms with Crippen LogP contribution in [0.2, 0.25) is 0 Å². The average molecular weight is 215 g/mol. The van der Waals surface area contributed by atoms with Crippen LogP contribution in [0.4, 0.5) is 8.78 Å². The molecule has 0 saturated heterocycles. The van der Waals surface area contributed by atoms with E-state index in [1.54, 1.807) is 0 Å². The summed E-state index contributed by atoms with van der Waals surface area (Å²) in [4.78, 5) is 0. The van der Waals surface area contributed by atoms with Gasteiger partial charge < -0.3 is 0 Å². The van der Waals surface area contributed by atoms with Gasteiger partial charge in [-0.1, -0.05) is 0 Å². The maximum Gasteiger partial charge on any atom is 0.0494 e. The van der Waals surface area contributed by atoms with E-state index in [0.29, 0.717) is 0 Å². The molecule has 0 heterocycles. The maximum atomic E-state index is 11.9. The quantitative estimate of drug-likeness (QED) is 0.459. The Morgan fingerprint density at radius 1 is 1.20 bits per heavy atom. The Bertz CT molecular complexity index is 172. The number of hydrogen-bond donors (Lipinski definition) is 0. The Balaban J connectivity index is 0. The van der Waals surface area contributed by atoms with Gasteiger partial charge in [-0.25, -0.2) is 4.39 Å². The first-order valence-corrected chi connectivity index (χ1v) is 2.12. The summed E-state index contributed by atoms with van der Waals surface area (Å²) in [6.07, 6.45) is 0. The standard InChI is InChI=1S/C6H3F2.ClH.Zn/c7-5-3-1-2-4-6(5)8;;/h1,3-4H;1H;/q-1;;. The summed E-state index contributed by atoms with van der Waals surface area (Å²) in [5.41, 5.74) is 0.